The molecular formula is C11H15N5O2S. The topological polar surface area (TPSA) is 104 Å². The standard InChI is InChI=1S/C11H15N5O2S/c1-2-12-7(11(17)18)3-4-19-10-8-9(14-5-13-8)15-6-16-10/h5-7,12H,2-4H2,1H3,(H,17,18)(H,13,14,15,16). The smallest absolute Gasteiger partial charge is 0.320 e. The molecule has 0 aliphatic heterocycles. The Hall–Kier alpha value is -1.67. The van der Waals surface area contributed by atoms with Gasteiger partial charge in [0.15, 0.2) is 5.65 Å². The van der Waals surface area contributed by atoms with Crippen LogP contribution < -0.4 is 5.32 Å². The number of H-pyrrole nitrogens is 1. The monoisotopic (exact) mass is 281 g/mol. The van der Waals surface area contributed by atoms with Crippen LogP contribution >= 0.6 is 11.8 Å². The predicted molar refractivity (Wildman–Crippen MR) is 72.1 cm³/mol. The number of thioether (sulfide) groups is 1. The molecule has 0 radical (unpaired) electrons. The van der Waals surface area contributed by atoms with Crippen LogP contribution in [0.1, 0.15) is 13.3 Å². The summed E-state index contributed by atoms with van der Waals surface area (Å²) in [6.07, 6.45) is 3.57. The lowest BCUT2D eigenvalue weighted by Crippen LogP contribution is -2.36. The van der Waals surface area contributed by atoms with Gasteiger partial charge in [-0.3, -0.25) is 4.79 Å². The Morgan fingerprint density at radius 1 is 1.53 bits per heavy atom. The van der Waals surface area contributed by atoms with Crippen LogP contribution in [0.4, 0.5) is 0 Å². The lowest BCUT2D eigenvalue weighted by Gasteiger charge is -2.12. The summed E-state index contributed by atoms with van der Waals surface area (Å²) in [6, 6.07) is -0.517. The maximum atomic E-state index is 11.0. The second-order valence-electron chi connectivity index (χ2n) is 3.87. The number of nitrogens with one attached hydrogen (secondary N) is 2. The second kappa shape index (κ2) is 6.48. The fourth-order valence-electron chi connectivity index (χ4n) is 1.69. The molecule has 19 heavy (non-hydrogen) atoms. The molecule has 0 aliphatic rings. The molecule has 7 nitrogen and oxygen atoms in total. The summed E-state index contributed by atoms with van der Waals surface area (Å²) in [7, 11) is 0. The molecule has 0 bridgehead atoms. The minimum absolute atomic E-state index is 0.517. The summed E-state index contributed by atoms with van der Waals surface area (Å²) in [5.74, 6) is -0.161. The Labute approximate surface area is 114 Å². The van der Waals surface area contributed by atoms with Crippen molar-refractivity contribution in [1.82, 2.24) is 25.3 Å². The Morgan fingerprint density at radius 3 is 3.11 bits per heavy atom. The quantitative estimate of drug-likeness (QED) is 0.511. The summed E-state index contributed by atoms with van der Waals surface area (Å²) in [5, 5.41) is 12.8. The molecule has 8 heteroatoms. The largest absolute Gasteiger partial charge is 0.480 e. The number of aromatic nitrogens is 4. The summed E-state index contributed by atoms with van der Waals surface area (Å²) in [4.78, 5) is 26.2. The van der Waals surface area contributed by atoms with Crippen molar-refractivity contribution in [3.8, 4) is 0 Å². The van der Waals surface area contributed by atoms with Gasteiger partial charge in [-0.2, -0.15) is 0 Å². The zero-order valence-corrected chi connectivity index (χ0v) is 11.3. The van der Waals surface area contributed by atoms with Gasteiger partial charge < -0.3 is 15.4 Å². The van der Waals surface area contributed by atoms with Gasteiger partial charge in [-0.15, -0.1) is 11.8 Å². The van der Waals surface area contributed by atoms with E-state index in [0.717, 1.165) is 10.5 Å². The molecule has 2 aromatic rings. The van der Waals surface area contributed by atoms with Crippen molar-refractivity contribution in [3.05, 3.63) is 12.7 Å². The average Bonchev–Trinajstić information content (AvgIpc) is 2.86. The first-order valence-corrected chi connectivity index (χ1v) is 6.94. The van der Waals surface area contributed by atoms with E-state index in [1.54, 1.807) is 6.33 Å². The normalized spacial score (nSPS) is 12.7. The minimum Gasteiger partial charge on any atom is -0.480 e. The van der Waals surface area contributed by atoms with Crippen molar-refractivity contribution in [2.75, 3.05) is 12.3 Å². The molecule has 1 unspecified atom stereocenters. The van der Waals surface area contributed by atoms with E-state index in [-0.39, 0.29) is 0 Å². The maximum absolute atomic E-state index is 11.0. The zero-order chi connectivity index (χ0) is 13.7. The number of rotatable bonds is 7. The van der Waals surface area contributed by atoms with Crippen LogP contribution in [0, 0.1) is 0 Å². The van der Waals surface area contributed by atoms with Crippen LogP contribution in [0.15, 0.2) is 17.7 Å². The van der Waals surface area contributed by atoms with E-state index in [4.69, 9.17) is 5.11 Å². The second-order valence-corrected chi connectivity index (χ2v) is 4.95. The Morgan fingerprint density at radius 2 is 2.37 bits per heavy atom. The number of imidazole rings is 1. The third-order valence-corrected chi connectivity index (χ3v) is 3.60. The predicted octanol–water partition coefficient (Wildman–Crippen LogP) is 0.898. The SMILES string of the molecule is CCNC(CCSc1ncnc2nc[nH]c12)C(=O)O. The number of likely N-dealkylation sites (N-methyl/N-ethyl adjacent to an activating group) is 1. The van der Waals surface area contributed by atoms with Crippen molar-refractivity contribution in [2.24, 2.45) is 0 Å². The van der Waals surface area contributed by atoms with E-state index >= 15 is 0 Å². The van der Waals surface area contributed by atoms with Crippen LogP contribution in [0.25, 0.3) is 11.2 Å². The van der Waals surface area contributed by atoms with Crippen LogP contribution in [0.3, 0.4) is 0 Å². The molecule has 1 atom stereocenters. The highest BCUT2D eigenvalue weighted by atomic mass is 32.2. The van der Waals surface area contributed by atoms with Gasteiger partial charge in [0.2, 0.25) is 0 Å². The number of carboxylic acids is 1. The number of carboxylic acid groups (broad SMARTS) is 1. The molecule has 2 aromatic heterocycles. The molecule has 2 heterocycles. The number of fused-ring (bicyclic) bond motifs is 1. The molecule has 0 aliphatic carbocycles. The van der Waals surface area contributed by atoms with Crippen LogP contribution in [-0.2, 0) is 4.79 Å². The fraction of sp³-hybridized carbons (Fsp3) is 0.455. The van der Waals surface area contributed by atoms with E-state index in [2.05, 4.69) is 25.3 Å². The Bertz CT molecular complexity index is 559. The lowest BCUT2D eigenvalue weighted by molar-refractivity contribution is -0.139. The van der Waals surface area contributed by atoms with E-state index in [1.165, 1.54) is 18.1 Å². The molecule has 0 aromatic carbocycles. The fourth-order valence-corrected chi connectivity index (χ4v) is 2.65. The molecule has 0 amide bonds. The number of aromatic amines is 1. The number of aliphatic carboxylic acids is 1. The van der Waals surface area contributed by atoms with Gasteiger partial charge in [0.1, 0.15) is 22.9 Å². The van der Waals surface area contributed by atoms with E-state index in [9.17, 15) is 4.79 Å². The van der Waals surface area contributed by atoms with Crippen molar-refractivity contribution < 1.29 is 9.90 Å². The van der Waals surface area contributed by atoms with Crippen molar-refractivity contribution in [3.63, 3.8) is 0 Å². The van der Waals surface area contributed by atoms with Crippen LogP contribution in [0.5, 0.6) is 0 Å². The summed E-state index contributed by atoms with van der Waals surface area (Å²) < 4.78 is 0. The molecular weight excluding hydrogens is 266 g/mol. The van der Waals surface area contributed by atoms with Crippen molar-refractivity contribution >= 4 is 28.9 Å². The van der Waals surface area contributed by atoms with Gasteiger partial charge >= 0.3 is 5.97 Å². The van der Waals surface area contributed by atoms with Gasteiger partial charge in [0.25, 0.3) is 0 Å². The summed E-state index contributed by atoms with van der Waals surface area (Å²) in [5.41, 5.74) is 1.42. The Balaban J connectivity index is 1.95. The van der Waals surface area contributed by atoms with Gasteiger partial charge in [0.05, 0.1) is 6.33 Å². The first-order chi connectivity index (χ1) is 9.22. The summed E-state index contributed by atoms with van der Waals surface area (Å²) >= 11 is 1.50. The highest BCUT2D eigenvalue weighted by molar-refractivity contribution is 7.99. The molecule has 3 N–H and O–H groups in total. The molecule has 0 fully saturated rings. The van der Waals surface area contributed by atoms with Crippen LogP contribution in [-0.4, -0.2) is 49.4 Å². The first-order valence-electron chi connectivity index (χ1n) is 5.95. The third kappa shape index (κ3) is 3.42. The van der Waals surface area contributed by atoms with Gasteiger partial charge in [-0.05, 0) is 13.0 Å². The van der Waals surface area contributed by atoms with Crippen molar-refractivity contribution in [2.45, 2.75) is 24.4 Å². The number of hydrogen-bond donors (Lipinski definition) is 3. The van der Waals surface area contributed by atoms with Gasteiger partial charge in [-0.25, -0.2) is 15.0 Å². The molecule has 0 spiro atoms. The highest BCUT2D eigenvalue weighted by Gasteiger charge is 2.16. The van der Waals surface area contributed by atoms with E-state index in [0.29, 0.717) is 24.4 Å². The third-order valence-electron chi connectivity index (χ3n) is 2.58. The van der Waals surface area contributed by atoms with E-state index in [1.807, 2.05) is 6.92 Å². The van der Waals surface area contributed by atoms with Crippen molar-refractivity contribution in [1.29, 1.82) is 0 Å². The number of hydrogen-bond acceptors (Lipinski definition) is 6. The average molecular weight is 281 g/mol. The maximum Gasteiger partial charge on any atom is 0.320 e. The molecule has 2 rings (SSSR count). The number of nitrogens with zero attached hydrogens (tertiary/aromatic N) is 3. The van der Waals surface area contributed by atoms with Gasteiger partial charge in [0, 0.05) is 5.75 Å². The lowest BCUT2D eigenvalue weighted by atomic mass is 10.2. The highest BCUT2D eigenvalue weighted by Crippen LogP contribution is 2.22. The first kappa shape index (κ1) is 13.8. The molecule has 0 saturated carbocycles. The van der Waals surface area contributed by atoms with Gasteiger partial charge in [-0.1, -0.05) is 6.92 Å². The number of carbonyl (C=O) groups is 1. The van der Waals surface area contributed by atoms with E-state index < -0.39 is 12.0 Å². The summed E-state index contributed by atoms with van der Waals surface area (Å²) in [6.45, 7) is 2.53. The zero-order valence-electron chi connectivity index (χ0n) is 10.5. The molecule has 0 saturated heterocycles. The Kier molecular flexibility index (Phi) is 4.69. The van der Waals surface area contributed by atoms with Crippen LogP contribution in [0.2, 0.25) is 0 Å². The molecule has 102 valence electrons. The minimum atomic E-state index is -0.822.